The molecule has 4 aliphatic heterocycles. The zero-order chi connectivity index (χ0) is 30.2. The van der Waals surface area contributed by atoms with Crippen LogP contribution in [0.3, 0.4) is 0 Å². The quantitative estimate of drug-likeness (QED) is 0.356. The van der Waals surface area contributed by atoms with Gasteiger partial charge in [-0.15, -0.1) is 0 Å². The Kier molecular flexibility index (Phi) is 6.49. The van der Waals surface area contributed by atoms with Gasteiger partial charge in [0.15, 0.2) is 5.82 Å². The van der Waals surface area contributed by atoms with Gasteiger partial charge in [-0.05, 0) is 63.0 Å². The van der Waals surface area contributed by atoms with E-state index in [1.165, 1.54) is 24.3 Å². The van der Waals surface area contributed by atoms with E-state index in [9.17, 15) is 9.50 Å². The fourth-order valence-corrected chi connectivity index (χ4v) is 7.58. The topological polar surface area (TPSA) is 87.1 Å². The fraction of sp³-hybridized carbons (Fsp3) is 0.469. The van der Waals surface area contributed by atoms with Gasteiger partial charge < -0.3 is 24.4 Å². The zero-order valence-electron chi connectivity index (χ0n) is 24.4. The van der Waals surface area contributed by atoms with Gasteiger partial charge in [0.2, 0.25) is 5.88 Å². The smallest absolute Gasteiger partial charge is 0.319 e. The molecule has 44 heavy (non-hydrogen) atoms. The Bertz CT molecular complexity index is 1790. The van der Waals surface area contributed by atoms with Gasteiger partial charge in [-0.1, -0.05) is 12.1 Å². The van der Waals surface area contributed by atoms with E-state index in [4.69, 9.17) is 14.5 Å². The van der Waals surface area contributed by atoms with Crippen molar-refractivity contribution in [3.05, 3.63) is 42.0 Å². The molecule has 12 heteroatoms. The highest BCUT2D eigenvalue weighted by Crippen LogP contribution is 2.44. The average Bonchev–Trinajstić information content (AvgIpc) is 3.39. The number of phenolic OH excluding ortho intramolecular Hbond substituents is 1. The summed E-state index contributed by atoms with van der Waals surface area (Å²) in [6.07, 6.45) is 2.02. The molecule has 2 aromatic carbocycles. The maximum atomic E-state index is 16.8. The zero-order valence-corrected chi connectivity index (χ0v) is 24.4. The molecule has 9 nitrogen and oxygen atoms in total. The van der Waals surface area contributed by atoms with E-state index in [-0.39, 0.29) is 52.4 Å². The summed E-state index contributed by atoms with van der Waals surface area (Å²) in [5, 5.41) is 11.4. The molecule has 3 atom stereocenters. The third-order valence-electron chi connectivity index (χ3n) is 9.80. The molecular weight excluding hydrogens is 573 g/mol. The second-order valence-electron chi connectivity index (χ2n) is 12.6. The minimum absolute atomic E-state index is 0.0109. The lowest BCUT2D eigenvalue weighted by Crippen LogP contribution is -2.43. The largest absolute Gasteiger partial charge is 0.508 e. The number of phenols is 1. The lowest BCUT2D eigenvalue weighted by molar-refractivity contribution is 0.107. The molecule has 230 valence electrons. The molecule has 4 aromatic rings. The summed E-state index contributed by atoms with van der Waals surface area (Å²) in [6.45, 7) is 3.93. The monoisotopic (exact) mass is 606 g/mol. The fourth-order valence-electron chi connectivity index (χ4n) is 7.58. The first-order valence-corrected chi connectivity index (χ1v) is 15.2. The number of pyridine rings is 1. The van der Waals surface area contributed by atoms with Crippen LogP contribution in [0.15, 0.2) is 30.3 Å². The number of hydrogen-bond acceptors (Lipinski definition) is 9. The Balaban J connectivity index is 1.31. The first-order chi connectivity index (χ1) is 21.3. The molecule has 3 saturated heterocycles. The van der Waals surface area contributed by atoms with Crippen molar-refractivity contribution in [3.63, 3.8) is 0 Å². The van der Waals surface area contributed by atoms with Gasteiger partial charge in [-0.2, -0.15) is 9.97 Å². The molecule has 0 bridgehead atoms. The summed E-state index contributed by atoms with van der Waals surface area (Å²) in [6, 6.07) is 7.12. The van der Waals surface area contributed by atoms with Gasteiger partial charge in [0, 0.05) is 37.0 Å². The summed E-state index contributed by atoms with van der Waals surface area (Å²) in [5.74, 6) is -0.911. The van der Waals surface area contributed by atoms with E-state index < -0.39 is 23.3 Å². The highest BCUT2D eigenvalue weighted by Gasteiger charge is 2.49. The van der Waals surface area contributed by atoms with E-state index in [1.54, 1.807) is 6.07 Å². The number of fused-ring (bicyclic) bond motifs is 4. The van der Waals surface area contributed by atoms with Gasteiger partial charge in [-0.3, -0.25) is 4.90 Å². The van der Waals surface area contributed by atoms with Crippen molar-refractivity contribution in [2.75, 3.05) is 57.9 Å². The number of benzene rings is 2. The number of aromatic nitrogens is 3. The van der Waals surface area contributed by atoms with Gasteiger partial charge >= 0.3 is 6.01 Å². The van der Waals surface area contributed by atoms with Crippen molar-refractivity contribution in [3.8, 4) is 28.9 Å². The van der Waals surface area contributed by atoms with Crippen LogP contribution < -0.4 is 14.4 Å². The normalized spacial score (nSPS) is 25.5. The van der Waals surface area contributed by atoms with Crippen LogP contribution in [0.1, 0.15) is 25.7 Å². The molecule has 0 amide bonds. The van der Waals surface area contributed by atoms with Crippen LogP contribution in [0.4, 0.5) is 19.0 Å². The lowest BCUT2D eigenvalue weighted by atomic mass is 9.95. The van der Waals surface area contributed by atoms with Crippen LogP contribution >= 0.6 is 0 Å². The molecule has 1 unspecified atom stereocenters. The second-order valence-corrected chi connectivity index (χ2v) is 12.6. The maximum absolute atomic E-state index is 16.8. The predicted molar refractivity (Wildman–Crippen MR) is 159 cm³/mol. The summed E-state index contributed by atoms with van der Waals surface area (Å²) < 4.78 is 59.0. The van der Waals surface area contributed by atoms with Crippen LogP contribution in [0.25, 0.3) is 32.9 Å². The third-order valence-corrected chi connectivity index (χ3v) is 9.80. The van der Waals surface area contributed by atoms with Crippen LogP contribution in [0.2, 0.25) is 0 Å². The molecule has 2 aromatic heterocycles. The third kappa shape index (κ3) is 4.41. The van der Waals surface area contributed by atoms with Crippen molar-refractivity contribution >= 4 is 27.5 Å². The van der Waals surface area contributed by atoms with E-state index in [2.05, 4.69) is 31.7 Å². The van der Waals surface area contributed by atoms with Gasteiger partial charge in [-0.25, -0.2) is 18.2 Å². The highest BCUT2D eigenvalue weighted by atomic mass is 19.1. The molecule has 0 saturated carbocycles. The van der Waals surface area contributed by atoms with Crippen molar-refractivity contribution in [1.82, 2.24) is 24.8 Å². The number of nitrogens with zero attached hydrogens (tertiary/aromatic N) is 6. The number of hydrogen-bond donors (Lipinski definition) is 1. The molecule has 6 heterocycles. The minimum atomic E-state index is -0.917. The first-order valence-electron chi connectivity index (χ1n) is 15.2. The predicted octanol–water partition coefficient (Wildman–Crippen LogP) is 4.69. The Labute approximate surface area is 252 Å². The number of likely N-dealkylation sites (N-methyl/N-ethyl adjacent to an activating group) is 1. The molecule has 3 fully saturated rings. The van der Waals surface area contributed by atoms with Crippen molar-refractivity contribution in [2.45, 2.75) is 43.4 Å². The van der Waals surface area contributed by atoms with Gasteiger partial charge in [0.25, 0.3) is 0 Å². The molecule has 4 aliphatic rings. The van der Waals surface area contributed by atoms with Gasteiger partial charge in [0.05, 0.1) is 11.6 Å². The number of halogens is 3. The highest BCUT2D eigenvalue weighted by molar-refractivity contribution is 6.02. The Morgan fingerprint density at radius 3 is 2.86 bits per heavy atom. The molecule has 1 N–H and O–H groups in total. The van der Waals surface area contributed by atoms with E-state index in [0.717, 1.165) is 38.9 Å². The van der Waals surface area contributed by atoms with Crippen LogP contribution in [0.5, 0.6) is 17.6 Å². The van der Waals surface area contributed by atoms with E-state index >= 15 is 8.78 Å². The van der Waals surface area contributed by atoms with Crippen molar-refractivity contribution < 1.29 is 27.8 Å². The lowest BCUT2D eigenvalue weighted by Gasteiger charge is -2.31. The Hall–Kier alpha value is -3.90. The van der Waals surface area contributed by atoms with Crippen molar-refractivity contribution in [1.29, 1.82) is 0 Å². The summed E-state index contributed by atoms with van der Waals surface area (Å²) >= 11 is 0. The van der Waals surface area contributed by atoms with E-state index in [0.29, 0.717) is 42.7 Å². The van der Waals surface area contributed by atoms with Crippen LogP contribution in [-0.4, -0.2) is 101 Å². The Morgan fingerprint density at radius 1 is 1.09 bits per heavy atom. The number of aromatic hydroxyl groups is 1. The van der Waals surface area contributed by atoms with E-state index in [1.807, 2.05) is 0 Å². The van der Waals surface area contributed by atoms with Gasteiger partial charge in [0.1, 0.15) is 53.4 Å². The molecule has 0 radical (unpaired) electrons. The summed E-state index contributed by atoms with van der Waals surface area (Å²) in [5.41, 5.74) is -0.608. The molecule has 0 aliphatic carbocycles. The molecular formula is C32H33F3N6O3. The van der Waals surface area contributed by atoms with Crippen LogP contribution in [0, 0.1) is 11.6 Å². The maximum Gasteiger partial charge on any atom is 0.319 e. The standard InChI is InChI=1S/C32H33F3N6O3/c1-39-9-6-20-16-43-30-25-28(26(35)27(36-30)22-13-21(42)12-18-4-2-5-23(34)24(18)22)37-31(38-29(25)41(20)11-10-39)44-17-32-7-3-8-40(32)15-19(33)14-32/h2,4-5,12-13,19-20,42H,3,6-11,14-17H2,1H3/t19-,20?,32+/m1/s1. The number of rotatable bonds is 4. The first kappa shape index (κ1) is 27.6. The SMILES string of the molecule is CN1CCC2COc3nc(-c4cc(O)cc5cccc(F)c45)c(F)c4nc(OC[C@@]56CCCN5C[C@H](F)C6)nc(c34)N2CC1. The molecule has 8 rings (SSSR count). The summed E-state index contributed by atoms with van der Waals surface area (Å²) in [7, 11) is 2.06. The Morgan fingerprint density at radius 2 is 1.98 bits per heavy atom. The minimum Gasteiger partial charge on any atom is -0.508 e. The second kappa shape index (κ2) is 10.3. The van der Waals surface area contributed by atoms with Crippen LogP contribution in [-0.2, 0) is 0 Å². The number of anilines is 1. The number of ether oxygens (including phenoxy) is 2. The molecule has 0 spiro atoms. The number of alkyl halides is 1. The van der Waals surface area contributed by atoms with Crippen molar-refractivity contribution in [2.24, 2.45) is 0 Å². The average molecular weight is 607 g/mol. The summed E-state index contributed by atoms with van der Waals surface area (Å²) in [4.78, 5) is 20.5.